The summed E-state index contributed by atoms with van der Waals surface area (Å²) in [6.07, 6.45) is 4.02. The van der Waals surface area contributed by atoms with Crippen molar-refractivity contribution in [3.05, 3.63) is 52.1 Å². The number of pyridine rings is 1. The fraction of sp³-hybridized carbons (Fsp3) is 0.200. The first-order chi connectivity index (χ1) is 11.1. The maximum Gasteiger partial charge on any atom is 0.253 e. The van der Waals surface area contributed by atoms with Gasteiger partial charge in [-0.05, 0) is 48.0 Å². The molecule has 0 aliphatic heterocycles. The van der Waals surface area contributed by atoms with Crippen molar-refractivity contribution in [2.24, 2.45) is 0 Å². The monoisotopic (exact) mass is 388 g/mol. The Balaban J connectivity index is 1.59. The molecule has 4 heterocycles. The Bertz CT molecular complexity index is 1020. The number of thioether (sulfide) groups is 1. The summed E-state index contributed by atoms with van der Waals surface area (Å²) in [5.41, 5.74) is 3.90. The summed E-state index contributed by atoms with van der Waals surface area (Å²) in [5.74, 6) is 1.36. The highest BCUT2D eigenvalue weighted by atomic mass is 79.9. The van der Waals surface area contributed by atoms with Gasteiger partial charge in [0.2, 0.25) is 5.16 Å². The van der Waals surface area contributed by atoms with Gasteiger partial charge in [-0.2, -0.15) is 4.98 Å². The number of aromatic nitrogens is 6. The van der Waals surface area contributed by atoms with Gasteiger partial charge in [0.1, 0.15) is 5.65 Å². The number of hydrogen-bond donors (Lipinski definition) is 0. The maximum absolute atomic E-state index is 4.60. The first-order valence-electron chi connectivity index (χ1n) is 7.05. The van der Waals surface area contributed by atoms with E-state index in [1.807, 2.05) is 48.8 Å². The summed E-state index contributed by atoms with van der Waals surface area (Å²) in [6.45, 7) is 3.97. The van der Waals surface area contributed by atoms with E-state index in [1.54, 1.807) is 16.3 Å². The van der Waals surface area contributed by atoms with E-state index in [4.69, 9.17) is 0 Å². The summed E-state index contributed by atoms with van der Waals surface area (Å²) in [7, 11) is 0. The molecule has 0 N–H and O–H groups in total. The topological polar surface area (TPSA) is 60.4 Å². The highest BCUT2D eigenvalue weighted by Crippen LogP contribution is 2.21. The van der Waals surface area contributed by atoms with Gasteiger partial charge in [-0.3, -0.25) is 0 Å². The highest BCUT2D eigenvalue weighted by Gasteiger charge is 2.10. The number of aryl methyl sites for hydroxylation is 2. The van der Waals surface area contributed by atoms with Crippen LogP contribution >= 0.6 is 27.7 Å². The lowest BCUT2D eigenvalue weighted by Crippen LogP contribution is -1.97. The van der Waals surface area contributed by atoms with E-state index in [-0.39, 0.29) is 0 Å². The number of rotatable bonds is 3. The molecule has 0 aliphatic carbocycles. The van der Waals surface area contributed by atoms with E-state index in [1.165, 1.54) is 0 Å². The van der Waals surface area contributed by atoms with E-state index in [0.717, 1.165) is 27.2 Å². The van der Waals surface area contributed by atoms with Crippen LogP contribution in [0.1, 0.15) is 17.1 Å². The standard InChI is InChI=1S/C15H13BrN6S/c1-9-5-10(2)22-14(17-9)19-15(20-22)23-8-12-7-21-6-11(16)3-4-13(21)18-12/h3-7H,8H2,1-2H3. The first-order valence-corrected chi connectivity index (χ1v) is 8.83. The van der Waals surface area contributed by atoms with Crippen LogP contribution in [-0.4, -0.2) is 29.0 Å². The Labute approximate surface area is 145 Å². The zero-order chi connectivity index (χ0) is 16.0. The summed E-state index contributed by atoms with van der Waals surface area (Å²) < 4.78 is 4.81. The average Bonchev–Trinajstić information content (AvgIpc) is 3.07. The predicted molar refractivity (Wildman–Crippen MR) is 92.7 cm³/mol. The number of nitrogens with zero attached hydrogens (tertiary/aromatic N) is 6. The van der Waals surface area contributed by atoms with Gasteiger partial charge in [0, 0.05) is 34.0 Å². The molecule has 0 unspecified atom stereocenters. The van der Waals surface area contributed by atoms with E-state index >= 15 is 0 Å². The molecular weight excluding hydrogens is 376 g/mol. The Kier molecular flexibility index (Phi) is 3.57. The van der Waals surface area contributed by atoms with Gasteiger partial charge in [-0.25, -0.2) is 14.5 Å². The number of fused-ring (bicyclic) bond motifs is 2. The molecule has 0 saturated heterocycles. The van der Waals surface area contributed by atoms with Crippen molar-refractivity contribution in [1.82, 2.24) is 29.0 Å². The molecule has 116 valence electrons. The van der Waals surface area contributed by atoms with Gasteiger partial charge in [-0.1, -0.05) is 11.8 Å². The van der Waals surface area contributed by atoms with Crippen LogP contribution in [0.15, 0.2) is 40.2 Å². The van der Waals surface area contributed by atoms with Crippen LogP contribution in [0.25, 0.3) is 11.4 Å². The van der Waals surface area contributed by atoms with Crippen molar-refractivity contribution in [3.63, 3.8) is 0 Å². The lowest BCUT2D eigenvalue weighted by Gasteiger charge is -1.97. The molecule has 8 heteroatoms. The van der Waals surface area contributed by atoms with Crippen molar-refractivity contribution in [2.75, 3.05) is 0 Å². The van der Waals surface area contributed by atoms with E-state index in [9.17, 15) is 0 Å². The molecule has 0 aliphatic rings. The lowest BCUT2D eigenvalue weighted by molar-refractivity contribution is 0.843. The largest absolute Gasteiger partial charge is 0.306 e. The number of halogens is 1. The molecule has 0 spiro atoms. The minimum atomic E-state index is 0.643. The third-order valence-corrected chi connectivity index (χ3v) is 4.75. The molecule has 0 bridgehead atoms. The number of hydrogen-bond acceptors (Lipinski definition) is 5. The minimum absolute atomic E-state index is 0.643. The van der Waals surface area contributed by atoms with Crippen LogP contribution in [0.4, 0.5) is 0 Å². The Morgan fingerprint density at radius 1 is 1.13 bits per heavy atom. The molecule has 23 heavy (non-hydrogen) atoms. The van der Waals surface area contributed by atoms with Gasteiger partial charge in [0.05, 0.1) is 5.69 Å². The smallest absolute Gasteiger partial charge is 0.253 e. The second kappa shape index (κ2) is 5.61. The predicted octanol–water partition coefficient (Wildman–Crippen LogP) is 3.44. The Hall–Kier alpha value is -1.93. The van der Waals surface area contributed by atoms with Crippen LogP contribution < -0.4 is 0 Å². The van der Waals surface area contributed by atoms with Crippen molar-refractivity contribution in [1.29, 1.82) is 0 Å². The van der Waals surface area contributed by atoms with Crippen molar-refractivity contribution < 1.29 is 0 Å². The molecule has 4 aromatic heterocycles. The Morgan fingerprint density at radius 2 is 2.00 bits per heavy atom. The van der Waals surface area contributed by atoms with Crippen LogP contribution in [0.2, 0.25) is 0 Å². The van der Waals surface area contributed by atoms with Crippen LogP contribution in [-0.2, 0) is 5.75 Å². The fourth-order valence-corrected chi connectivity index (χ4v) is 3.49. The van der Waals surface area contributed by atoms with E-state index in [0.29, 0.717) is 16.7 Å². The summed E-state index contributed by atoms with van der Waals surface area (Å²) >= 11 is 5.03. The fourth-order valence-electron chi connectivity index (χ4n) is 2.43. The van der Waals surface area contributed by atoms with Gasteiger partial charge in [-0.15, -0.1) is 5.10 Å². The normalized spacial score (nSPS) is 11.6. The van der Waals surface area contributed by atoms with Gasteiger partial charge >= 0.3 is 0 Å². The second-order valence-electron chi connectivity index (χ2n) is 5.28. The van der Waals surface area contributed by atoms with Crippen molar-refractivity contribution >= 4 is 39.1 Å². The molecule has 0 fully saturated rings. The minimum Gasteiger partial charge on any atom is -0.306 e. The Morgan fingerprint density at radius 3 is 2.87 bits per heavy atom. The second-order valence-corrected chi connectivity index (χ2v) is 7.14. The molecular formula is C15H13BrN6S. The third-order valence-electron chi connectivity index (χ3n) is 3.41. The quantitative estimate of drug-likeness (QED) is 0.503. The molecule has 0 aromatic carbocycles. The maximum atomic E-state index is 4.60. The van der Waals surface area contributed by atoms with Crippen LogP contribution in [0.5, 0.6) is 0 Å². The van der Waals surface area contributed by atoms with Gasteiger partial charge < -0.3 is 4.40 Å². The molecule has 0 radical (unpaired) electrons. The summed E-state index contributed by atoms with van der Waals surface area (Å²) in [4.78, 5) is 13.5. The SMILES string of the molecule is Cc1cc(C)n2nc(SCc3cn4cc(Br)ccc4n3)nc2n1. The zero-order valence-corrected chi connectivity index (χ0v) is 15.0. The first kappa shape index (κ1) is 14.6. The number of imidazole rings is 1. The molecule has 0 atom stereocenters. The molecule has 4 aromatic rings. The van der Waals surface area contributed by atoms with Crippen molar-refractivity contribution in [2.45, 2.75) is 24.8 Å². The summed E-state index contributed by atoms with van der Waals surface area (Å²) in [6, 6.07) is 5.97. The highest BCUT2D eigenvalue weighted by molar-refractivity contribution is 9.10. The van der Waals surface area contributed by atoms with Gasteiger partial charge in [0.25, 0.3) is 5.78 Å². The molecule has 0 amide bonds. The third kappa shape index (κ3) is 2.84. The van der Waals surface area contributed by atoms with Gasteiger partial charge in [0.15, 0.2) is 0 Å². The lowest BCUT2D eigenvalue weighted by atomic mass is 10.4. The molecule has 0 saturated carbocycles. The zero-order valence-electron chi connectivity index (χ0n) is 12.6. The average molecular weight is 389 g/mol. The molecule has 6 nitrogen and oxygen atoms in total. The van der Waals surface area contributed by atoms with Crippen LogP contribution in [0.3, 0.4) is 0 Å². The van der Waals surface area contributed by atoms with Crippen LogP contribution in [0, 0.1) is 13.8 Å². The summed E-state index contributed by atoms with van der Waals surface area (Å²) in [5, 5.41) is 5.21. The van der Waals surface area contributed by atoms with E-state index in [2.05, 4.69) is 36.0 Å². The molecule has 4 rings (SSSR count). The van der Waals surface area contributed by atoms with E-state index < -0.39 is 0 Å². The van der Waals surface area contributed by atoms with Crippen molar-refractivity contribution in [3.8, 4) is 0 Å².